The van der Waals surface area contributed by atoms with Gasteiger partial charge in [0.05, 0.1) is 0 Å². The van der Waals surface area contributed by atoms with E-state index in [1.807, 2.05) is 0 Å². The third-order valence-electron chi connectivity index (χ3n) is 3.92. The van der Waals surface area contributed by atoms with Crippen molar-refractivity contribution in [3.63, 3.8) is 0 Å². The second-order valence-electron chi connectivity index (χ2n) is 6.12. The van der Waals surface area contributed by atoms with Gasteiger partial charge in [0.2, 0.25) is 0 Å². The van der Waals surface area contributed by atoms with Crippen molar-refractivity contribution in [2.75, 3.05) is 0 Å². The Kier molecular flexibility index (Phi) is 13.7. The number of aliphatic hydroxyl groups excluding tert-OH is 1. The van der Waals surface area contributed by atoms with Gasteiger partial charge in [-0.25, -0.2) is 0 Å². The number of hydrogen-bond donors (Lipinski definition) is 4. The normalized spacial score (nSPS) is 13.7. The molecule has 6 nitrogen and oxygen atoms in total. The van der Waals surface area contributed by atoms with Crippen molar-refractivity contribution in [1.29, 1.82) is 0 Å². The van der Waals surface area contributed by atoms with Gasteiger partial charge in [0.15, 0.2) is 0 Å². The summed E-state index contributed by atoms with van der Waals surface area (Å²) in [6.45, 7) is 2.20. The lowest BCUT2D eigenvalue weighted by Gasteiger charge is -2.18. The van der Waals surface area contributed by atoms with E-state index in [2.05, 4.69) is 12.2 Å². The van der Waals surface area contributed by atoms with Crippen LogP contribution in [-0.4, -0.2) is 39.5 Å². The summed E-state index contributed by atoms with van der Waals surface area (Å²) in [5.74, 6) is -2.16. The van der Waals surface area contributed by atoms with Crippen LogP contribution in [0.25, 0.3) is 0 Å². The SMILES string of the molecule is CCCCCCCCCCCC(O)N[C@@H](CCC(=O)O)C(=O)O. The summed E-state index contributed by atoms with van der Waals surface area (Å²) >= 11 is 0. The van der Waals surface area contributed by atoms with Gasteiger partial charge in [-0.15, -0.1) is 0 Å². The largest absolute Gasteiger partial charge is 0.481 e. The maximum Gasteiger partial charge on any atom is 0.320 e. The van der Waals surface area contributed by atoms with Crippen molar-refractivity contribution in [2.45, 2.75) is 96.2 Å². The van der Waals surface area contributed by atoms with Gasteiger partial charge in [-0.05, 0) is 19.3 Å². The summed E-state index contributed by atoms with van der Waals surface area (Å²) in [6, 6.07) is -1.01. The highest BCUT2D eigenvalue weighted by molar-refractivity contribution is 5.75. The van der Waals surface area contributed by atoms with Gasteiger partial charge < -0.3 is 15.3 Å². The molecule has 23 heavy (non-hydrogen) atoms. The first kappa shape index (κ1) is 21.9. The number of nitrogens with one attached hydrogen (secondary N) is 1. The van der Waals surface area contributed by atoms with E-state index in [1.54, 1.807) is 0 Å². The molecule has 2 atom stereocenters. The first-order valence-electron chi connectivity index (χ1n) is 8.86. The fourth-order valence-electron chi connectivity index (χ4n) is 2.51. The molecule has 0 saturated heterocycles. The number of rotatable bonds is 16. The molecule has 0 aliphatic heterocycles. The van der Waals surface area contributed by atoms with E-state index in [0.29, 0.717) is 6.42 Å². The van der Waals surface area contributed by atoms with Crippen LogP contribution >= 0.6 is 0 Å². The van der Waals surface area contributed by atoms with Gasteiger partial charge >= 0.3 is 11.9 Å². The molecular weight excluding hydrogens is 298 g/mol. The highest BCUT2D eigenvalue weighted by Crippen LogP contribution is 2.11. The number of hydrogen-bond acceptors (Lipinski definition) is 4. The van der Waals surface area contributed by atoms with Crippen LogP contribution in [0.4, 0.5) is 0 Å². The zero-order chi connectivity index (χ0) is 17.5. The molecule has 0 heterocycles. The molecule has 0 radical (unpaired) electrons. The van der Waals surface area contributed by atoms with E-state index in [0.717, 1.165) is 19.3 Å². The molecular formula is C17H33NO5. The van der Waals surface area contributed by atoms with E-state index >= 15 is 0 Å². The zero-order valence-electron chi connectivity index (χ0n) is 14.3. The zero-order valence-corrected chi connectivity index (χ0v) is 14.3. The van der Waals surface area contributed by atoms with E-state index < -0.39 is 24.2 Å². The third-order valence-corrected chi connectivity index (χ3v) is 3.92. The lowest BCUT2D eigenvalue weighted by molar-refractivity contribution is -0.141. The fourth-order valence-corrected chi connectivity index (χ4v) is 2.51. The van der Waals surface area contributed by atoms with Gasteiger partial charge in [0.1, 0.15) is 12.3 Å². The maximum atomic E-state index is 11.0. The topological polar surface area (TPSA) is 107 Å². The van der Waals surface area contributed by atoms with E-state index in [-0.39, 0.29) is 12.8 Å². The molecule has 0 saturated carbocycles. The van der Waals surface area contributed by atoms with Crippen molar-refractivity contribution in [2.24, 2.45) is 0 Å². The number of aliphatic hydroxyl groups is 1. The highest BCUT2D eigenvalue weighted by Gasteiger charge is 2.20. The molecule has 0 amide bonds. The number of unbranched alkanes of at least 4 members (excludes halogenated alkanes) is 8. The lowest BCUT2D eigenvalue weighted by Crippen LogP contribution is -2.43. The molecule has 0 aromatic heterocycles. The molecule has 0 spiro atoms. The summed E-state index contributed by atoms with van der Waals surface area (Å²) in [5, 5.41) is 30.0. The quantitative estimate of drug-likeness (QED) is 0.256. The molecule has 0 bridgehead atoms. The summed E-state index contributed by atoms with van der Waals surface area (Å²) in [7, 11) is 0. The van der Waals surface area contributed by atoms with Crippen LogP contribution < -0.4 is 5.32 Å². The number of carboxylic acid groups (broad SMARTS) is 2. The summed E-state index contributed by atoms with van der Waals surface area (Å²) < 4.78 is 0. The molecule has 6 heteroatoms. The minimum atomic E-state index is -1.13. The van der Waals surface area contributed by atoms with Gasteiger partial charge in [0, 0.05) is 6.42 Å². The lowest BCUT2D eigenvalue weighted by atomic mass is 10.1. The third kappa shape index (κ3) is 14.2. The number of carboxylic acids is 2. The van der Waals surface area contributed by atoms with Gasteiger partial charge in [-0.3, -0.25) is 14.9 Å². The number of carbonyl (C=O) groups is 2. The maximum absolute atomic E-state index is 11.0. The van der Waals surface area contributed by atoms with E-state index in [9.17, 15) is 14.7 Å². The molecule has 0 rings (SSSR count). The van der Waals surface area contributed by atoms with Crippen molar-refractivity contribution in [1.82, 2.24) is 5.32 Å². The standard InChI is InChI=1S/C17H33NO5/c1-2-3-4-5-6-7-8-9-10-11-15(19)18-14(17(22)23)12-13-16(20)21/h14-15,18-19H,2-13H2,1H3,(H,20,21)(H,22,23)/t14-,15?/m0/s1. The van der Waals surface area contributed by atoms with Crippen LogP contribution in [0, 0.1) is 0 Å². The van der Waals surface area contributed by atoms with E-state index in [4.69, 9.17) is 10.2 Å². The van der Waals surface area contributed by atoms with Crippen LogP contribution in [0.3, 0.4) is 0 Å². The Balaban J connectivity index is 3.65. The number of aliphatic carboxylic acids is 2. The average Bonchev–Trinajstić information content (AvgIpc) is 2.49. The van der Waals surface area contributed by atoms with Gasteiger partial charge in [-0.2, -0.15) is 0 Å². The van der Waals surface area contributed by atoms with Gasteiger partial charge in [0.25, 0.3) is 0 Å². The Morgan fingerprint density at radius 2 is 1.39 bits per heavy atom. The minimum Gasteiger partial charge on any atom is -0.481 e. The summed E-state index contributed by atoms with van der Waals surface area (Å²) in [4.78, 5) is 21.5. The molecule has 0 aromatic carbocycles. The molecule has 4 N–H and O–H groups in total. The summed E-state index contributed by atoms with van der Waals surface area (Å²) in [6.07, 6.45) is 10.00. The monoisotopic (exact) mass is 331 g/mol. The average molecular weight is 331 g/mol. The molecule has 0 fully saturated rings. The Labute approximate surface area is 139 Å². The molecule has 0 aliphatic rings. The first-order chi connectivity index (χ1) is 11.0. The van der Waals surface area contributed by atoms with Crippen LogP contribution in [-0.2, 0) is 9.59 Å². The highest BCUT2D eigenvalue weighted by atomic mass is 16.4. The Morgan fingerprint density at radius 1 is 0.870 bits per heavy atom. The Hall–Kier alpha value is -1.14. The Bertz CT molecular complexity index is 322. The Morgan fingerprint density at radius 3 is 1.87 bits per heavy atom. The van der Waals surface area contributed by atoms with Crippen molar-refractivity contribution in [3.05, 3.63) is 0 Å². The molecule has 0 aliphatic carbocycles. The predicted molar refractivity (Wildman–Crippen MR) is 89.3 cm³/mol. The molecule has 136 valence electrons. The molecule has 0 aromatic rings. The van der Waals surface area contributed by atoms with Crippen LogP contribution in [0.15, 0.2) is 0 Å². The minimum absolute atomic E-state index is 0.0283. The van der Waals surface area contributed by atoms with E-state index in [1.165, 1.54) is 38.5 Å². The van der Waals surface area contributed by atoms with Crippen molar-refractivity contribution in [3.8, 4) is 0 Å². The summed E-state index contributed by atoms with van der Waals surface area (Å²) in [5.41, 5.74) is 0. The molecule has 1 unspecified atom stereocenters. The van der Waals surface area contributed by atoms with Crippen molar-refractivity contribution >= 4 is 11.9 Å². The van der Waals surface area contributed by atoms with Gasteiger partial charge in [-0.1, -0.05) is 58.3 Å². The first-order valence-corrected chi connectivity index (χ1v) is 8.86. The second-order valence-corrected chi connectivity index (χ2v) is 6.12. The fraction of sp³-hybridized carbons (Fsp3) is 0.882. The van der Waals surface area contributed by atoms with Crippen LogP contribution in [0.2, 0.25) is 0 Å². The predicted octanol–water partition coefficient (Wildman–Crippen LogP) is 3.13. The second kappa shape index (κ2) is 14.5. The van der Waals surface area contributed by atoms with Crippen LogP contribution in [0.5, 0.6) is 0 Å². The van der Waals surface area contributed by atoms with Crippen molar-refractivity contribution < 1.29 is 24.9 Å². The smallest absolute Gasteiger partial charge is 0.320 e. The van der Waals surface area contributed by atoms with Crippen LogP contribution in [0.1, 0.15) is 84.0 Å².